The largest absolute Gasteiger partial charge is 0.330 e. The standard InChI is InChI=1S/C36H48N6O4S2/c1-21(43)39-27-17-25(35(3,4)5)19-29(31(27)47-14-12-37)41-33(45)23-10-9-11-24(16-23)34(46)42-30-20-26(36(6,7)8)18-28(40-22(2)44)32(30)48-15-13-38/h9-11,16-20H,12-15,37-38H2,1-8H3,(H,39,43)(H,40,44)(H,41,45)(H,42,46). The SMILES string of the molecule is CC(=O)Nc1cc(C(C)(C)C)cc(NC(=O)c2cccc(C(=O)Nc3cc(C(C)(C)C)cc(NC(C)=O)c3SCCN)c2)c1SCCN. The maximum atomic E-state index is 13.7. The van der Waals surface area contributed by atoms with Crippen molar-refractivity contribution >= 4 is 69.9 Å². The van der Waals surface area contributed by atoms with Crippen LogP contribution in [0.25, 0.3) is 0 Å². The second kappa shape index (κ2) is 16.5. The van der Waals surface area contributed by atoms with Crippen molar-refractivity contribution in [1.82, 2.24) is 0 Å². The summed E-state index contributed by atoms with van der Waals surface area (Å²) in [5.74, 6) is -0.138. The van der Waals surface area contributed by atoms with Gasteiger partial charge in [0.1, 0.15) is 0 Å². The molecule has 0 aliphatic carbocycles. The van der Waals surface area contributed by atoms with E-state index < -0.39 is 11.8 Å². The predicted octanol–water partition coefficient (Wildman–Crippen LogP) is 6.80. The van der Waals surface area contributed by atoms with E-state index in [1.54, 1.807) is 18.2 Å². The Labute approximate surface area is 292 Å². The highest BCUT2D eigenvalue weighted by atomic mass is 32.2. The van der Waals surface area contributed by atoms with Gasteiger partial charge < -0.3 is 32.7 Å². The van der Waals surface area contributed by atoms with E-state index in [1.807, 2.05) is 24.3 Å². The first-order valence-corrected chi connectivity index (χ1v) is 17.7. The summed E-state index contributed by atoms with van der Waals surface area (Å²) in [5.41, 5.74) is 15.7. The Balaban J connectivity index is 2.02. The van der Waals surface area contributed by atoms with Gasteiger partial charge in [-0.05, 0) is 64.4 Å². The maximum Gasteiger partial charge on any atom is 0.255 e. The number of nitrogens with one attached hydrogen (secondary N) is 4. The first kappa shape index (κ1) is 38.6. The summed E-state index contributed by atoms with van der Waals surface area (Å²) in [6, 6.07) is 14.1. The molecule has 0 radical (unpaired) electrons. The van der Waals surface area contributed by atoms with Crippen molar-refractivity contribution in [1.29, 1.82) is 0 Å². The molecule has 3 rings (SSSR count). The fourth-order valence-electron chi connectivity index (χ4n) is 4.70. The molecule has 0 aromatic heterocycles. The first-order chi connectivity index (χ1) is 22.4. The second-order valence-electron chi connectivity index (χ2n) is 13.4. The molecule has 8 N–H and O–H groups in total. The van der Waals surface area contributed by atoms with Crippen LogP contribution in [0.1, 0.15) is 87.2 Å². The number of benzene rings is 3. The van der Waals surface area contributed by atoms with E-state index in [-0.39, 0.29) is 33.8 Å². The maximum absolute atomic E-state index is 13.7. The molecule has 0 fully saturated rings. The normalized spacial score (nSPS) is 11.5. The number of amides is 4. The van der Waals surface area contributed by atoms with Crippen LogP contribution in [0.4, 0.5) is 22.7 Å². The van der Waals surface area contributed by atoms with Crippen molar-refractivity contribution in [2.75, 3.05) is 45.9 Å². The van der Waals surface area contributed by atoms with E-state index in [0.717, 1.165) is 11.1 Å². The first-order valence-electron chi connectivity index (χ1n) is 15.7. The number of hydrogen-bond donors (Lipinski definition) is 6. The van der Waals surface area contributed by atoms with Gasteiger partial charge in [-0.1, -0.05) is 47.6 Å². The van der Waals surface area contributed by atoms with Crippen LogP contribution in [0, 0.1) is 0 Å². The van der Waals surface area contributed by atoms with Crippen molar-refractivity contribution < 1.29 is 19.2 Å². The zero-order valence-electron chi connectivity index (χ0n) is 29.1. The second-order valence-corrected chi connectivity index (χ2v) is 15.6. The monoisotopic (exact) mass is 692 g/mol. The lowest BCUT2D eigenvalue weighted by Crippen LogP contribution is -2.19. The zero-order chi connectivity index (χ0) is 35.8. The molecule has 3 aromatic rings. The van der Waals surface area contributed by atoms with Crippen molar-refractivity contribution in [3.05, 3.63) is 70.8 Å². The highest BCUT2D eigenvalue weighted by Gasteiger charge is 2.24. The van der Waals surface area contributed by atoms with Crippen molar-refractivity contribution in [3.8, 4) is 0 Å². The lowest BCUT2D eigenvalue weighted by molar-refractivity contribution is -0.115. The van der Waals surface area contributed by atoms with Gasteiger partial charge in [-0.2, -0.15) is 0 Å². The lowest BCUT2D eigenvalue weighted by Gasteiger charge is -2.24. The third kappa shape index (κ3) is 10.6. The molecule has 0 atom stereocenters. The number of carbonyl (C=O) groups excluding carboxylic acids is 4. The van der Waals surface area contributed by atoms with Crippen LogP contribution >= 0.6 is 23.5 Å². The van der Waals surface area contributed by atoms with Gasteiger partial charge in [-0.25, -0.2) is 0 Å². The van der Waals surface area contributed by atoms with E-state index in [4.69, 9.17) is 11.5 Å². The summed E-state index contributed by atoms with van der Waals surface area (Å²) in [6.07, 6.45) is 0. The highest BCUT2D eigenvalue weighted by molar-refractivity contribution is 7.99. The fourth-order valence-corrected chi connectivity index (χ4v) is 6.40. The van der Waals surface area contributed by atoms with Crippen LogP contribution in [-0.4, -0.2) is 48.2 Å². The lowest BCUT2D eigenvalue weighted by atomic mass is 9.86. The zero-order valence-corrected chi connectivity index (χ0v) is 30.7. The van der Waals surface area contributed by atoms with E-state index in [2.05, 4.69) is 62.8 Å². The number of thioether (sulfide) groups is 2. The minimum absolute atomic E-state index is 0.228. The Morgan fingerprint density at radius 3 is 1.21 bits per heavy atom. The van der Waals surface area contributed by atoms with Gasteiger partial charge in [-0.15, -0.1) is 23.5 Å². The summed E-state index contributed by atoms with van der Waals surface area (Å²) in [5, 5.41) is 11.8. The van der Waals surface area contributed by atoms with Gasteiger partial charge in [0.05, 0.1) is 32.5 Å². The molecule has 0 saturated carbocycles. The molecule has 0 spiro atoms. The Morgan fingerprint density at radius 1 is 0.583 bits per heavy atom. The quantitative estimate of drug-likeness (QED) is 0.113. The molecule has 0 saturated heterocycles. The van der Waals surface area contributed by atoms with Gasteiger partial charge in [0.2, 0.25) is 11.8 Å². The van der Waals surface area contributed by atoms with Crippen LogP contribution in [0.5, 0.6) is 0 Å². The Morgan fingerprint density at radius 2 is 0.917 bits per heavy atom. The van der Waals surface area contributed by atoms with Crippen LogP contribution in [0.15, 0.2) is 58.3 Å². The van der Waals surface area contributed by atoms with Crippen LogP contribution in [0.2, 0.25) is 0 Å². The van der Waals surface area contributed by atoms with E-state index in [0.29, 0.717) is 57.1 Å². The van der Waals surface area contributed by atoms with Gasteiger partial charge in [0.15, 0.2) is 0 Å². The van der Waals surface area contributed by atoms with E-state index in [1.165, 1.54) is 43.4 Å². The summed E-state index contributed by atoms with van der Waals surface area (Å²) in [6.45, 7) is 16.0. The van der Waals surface area contributed by atoms with Crippen LogP contribution in [-0.2, 0) is 20.4 Å². The molecule has 3 aromatic carbocycles. The summed E-state index contributed by atoms with van der Waals surface area (Å²) >= 11 is 2.88. The molecule has 258 valence electrons. The van der Waals surface area contributed by atoms with Crippen LogP contribution < -0.4 is 32.7 Å². The Bertz CT molecular complexity index is 1560. The molecule has 0 unspecified atom stereocenters. The molecule has 0 aliphatic heterocycles. The summed E-state index contributed by atoms with van der Waals surface area (Å²) in [7, 11) is 0. The van der Waals surface area contributed by atoms with Gasteiger partial charge in [0, 0.05) is 49.6 Å². The Hall–Kier alpha value is -3.84. The minimum atomic E-state index is -0.416. The molecular formula is C36H48N6O4S2. The van der Waals surface area contributed by atoms with E-state index in [9.17, 15) is 19.2 Å². The van der Waals surface area contributed by atoms with Gasteiger partial charge >= 0.3 is 0 Å². The van der Waals surface area contributed by atoms with Gasteiger partial charge in [-0.3, -0.25) is 19.2 Å². The number of nitrogens with two attached hydrogens (primary N) is 2. The molecule has 48 heavy (non-hydrogen) atoms. The molecule has 4 amide bonds. The third-order valence-corrected chi connectivity index (χ3v) is 9.48. The summed E-state index contributed by atoms with van der Waals surface area (Å²) in [4.78, 5) is 53.0. The number of carbonyl (C=O) groups is 4. The topological polar surface area (TPSA) is 168 Å². The average Bonchev–Trinajstić information content (AvgIpc) is 2.98. The highest BCUT2D eigenvalue weighted by Crippen LogP contribution is 2.41. The molecule has 0 aliphatic rings. The molecule has 12 heteroatoms. The summed E-state index contributed by atoms with van der Waals surface area (Å²) < 4.78 is 0. The predicted molar refractivity (Wildman–Crippen MR) is 201 cm³/mol. The molecule has 0 bridgehead atoms. The number of anilines is 4. The van der Waals surface area contributed by atoms with E-state index >= 15 is 0 Å². The Kier molecular flexibility index (Phi) is 13.3. The van der Waals surface area contributed by atoms with Crippen LogP contribution in [0.3, 0.4) is 0 Å². The van der Waals surface area contributed by atoms with Gasteiger partial charge in [0.25, 0.3) is 11.8 Å². The van der Waals surface area contributed by atoms with Crippen molar-refractivity contribution in [2.24, 2.45) is 11.5 Å². The molecular weight excluding hydrogens is 645 g/mol. The smallest absolute Gasteiger partial charge is 0.255 e. The van der Waals surface area contributed by atoms with Crippen molar-refractivity contribution in [2.45, 2.75) is 76.0 Å². The average molecular weight is 693 g/mol. The molecule has 10 nitrogen and oxygen atoms in total. The minimum Gasteiger partial charge on any atom is -0.330 e. The third-order valence-electron chi connectivity index (χ3n) is 7.14. The number of hydrogen-bond acceptors (Lipinski definition) is 8. The molecule has 0 heterocycles. The van der Waals surface area contributed by atoms with Crippen molar-refractivity contribution in [3.63, 3.8) is 0 Å². The number of rotatable bonds is 12. The fraction of sp³-hybridized carbons (Fsp3) is 0.389.